The van der Waals surface area contributed by atoms with Crippen LogP contribution in [0.15, 0.2) is 59.6 Å². The van der Waals surface area contributed by atoms with Gasteiger partial charge in [0.15, 0.2) is 0 Å². The SMILES string of the molecule is CC(C)OC(=O)C=Nc1ccc(Oc2ccccc2)cc1. The molecule has 2 rings (SSSR count). The van der Waals surface area contributed by atoms with Crippen LogP contribution in [0.4, 0.5) is 5.69 Å². The molecule has 0 N–H and O–H groups in total. The lowest BCUT2D eigenvalue weighted by Gasteiger charge is -2.05. The second-order valence-electron chi connectivity index (χ2n) is 4.65. The molecule has 0 saturated heterocycles. The van der Waals surface area contributed by atoms with E-state index in [0.717, 1.165) is 5.75 Å². The Morgan fingerprint density at radius 2 is 1.62 bits per heavy atom. The summed E-state index contributed by atoms with van der Waals surface area (Å²) in [5, 5.41) is 0. The number of para-hydroxylation sites is 1. The van der Waals surface area contributed by atoms with Gasteiger partial charge in [0.25, 0.3) is 0 Å². The minimum atomic E-state index is -0.449. The molecular weight excluding hydrogens is 266 g/mol. The number of esters is 1. The monoisotopic (exact) mass is 283 g/mol. The molecule has 2 aromatic rings. The molecule has 0 aromatic heterocycles. The van der Waals surface area contributed by atoms with Crippen molar-refractivity contribution in [2.75, 3.05) is 0 Å². The van der Waals surface area contributed by atoms with Gasteiger partial charge in [0.1, 0.15) is 17.7 Å². The molecule has 0 aliphatic rings. The van der Waals surface area contributed by atoms with E-state index in [1.807, 2.05) is 30.3 Å². The number of hydrogen-bond acceptors (Lipinski definition) is 4. The normalized spacial score (nSPS) is 10.8. The number of ether oxygens (including phenoxy) is 2. The van der Waals surface area contributed by atoms with Crippen LogP contribution in [0.2, 0.25) is 0 Å². The van der Waals surface area contributed by atoms with Crippen molar-refractivity contribution < 1.29 is 14.3 Å². The fraction of sp³-hybridized carbons (Fsp3) is 0.176. The first-order chi connectivity index (χ1) is 10.1. The first-order valence-electron chi connectivity index (χ1n) is 6.71. The summed E-state index contributed by atoms with van der Waals surface area (Å²) in [6.45, 7) is 3.59. The molecule has 0 atom stereocenters. The van der Waals surface area contributed by atoms with Gasteiger partial charge in [-0.2, -0.15) is 0 Å². The molecule has 21 heavy (non-hydrogen) atoms. The molecule has 108 valence electrons. The van der Waals surface area contributed by atoms with Gasteiger partial charge in [-0.25, -0.2) is 9.79 Å². The van der Waals surface area contributed by atoms with Crippen molar-refractivity contribution in [3.05, 3.63) is 54.6 Å². The molecule has 0 heterocycles. The van der Waals surface area contributed by atoms with E-state index in [1.54, 1.807) is 38.1 Å². The average Bonchev–Trinajstić information content (AvgIpc) is 2.47. The smallest absolute Gasteiger partial charge is 0.349 e. The highest BCUT2D eigenvalue weighted by Gasteiger charge is 2.01. The summed E-state index contributed by atoms with van der Waals surface area (Å²) < 4.78 is 10.6. The second kappa shape index (κ2) is 7.24. The van der Waals surface area contributed by atoms with Crippen LogP contribution >= 0.6 is 0 Å². The molecule has 0 amide bonds. The van der Waals surface area contributed by atoms with Gasteiger partial charge in [-0.05, 0) is 50.2 Å². The number of carbonyl (C=O) groups excluding carboxylic acids is 1. The fourth-order valence-electron chi connectivity index (χ4n) is 1.61. The summed E-state index contributed by atoms with van der Waals surface area (Å²) in [6, 6.07) is 16.7. The zero-order chi connectivity index (χ0) is 15.1. The molecule has 0 radical (unpaired) electrons. The highest BCUT2D eigenvalue weighted by molar-refractivity contribution is 6.23. The van der Waals surface area contributed by atoms with E-state index in [0.29, 0.717) is 11.4 Å². The van der Waals surface area contributed by atoms with Gasteiger partial charge in [0.05, 0.1) is 11.8 Å². The van der Waals surface area contributed by atoms with E-state index in [-0.39, 0.29) is 6.10 Å². The first kappa shape index (κ1) is 14.8. The van der Waals surface area contributed by atoms with Gasteiger partial charge in [0, 0.05) is 0 Å². The Kier molecular flexibility index (Phi) is 5.10. The van der Waals surface area contributed by atoms with Crippen LogP contribution in [-0.2, 0) is 9.53 Å². The maximum atomic E-state index is 11.3. The van der Waals surface area contributed by atoms with Crippen LogP contribution in [0, 0.1) is 0 Å². The van der Waals surface area contributed by atoms with E-state index < -0.39 is 5.97 Å². The van der Waals surface area contributed by atoms with Crippen LogP contribution in [0.1, 0.15) is 13.8 Å². The molecule has 0 fully saturated rings. The Balaban J connectivity index is 1.96. The van der Waals surface area contributed by atoms with Gasteiger partial charge < -0.3 is 9.47 Å². The zero-order valence-corrected chi connectivity index (χ0v) is 12.0. The molecule has 2 aromatic carbocycles. The molecule has 0 spiro atoms. The summed E-state index contributed by atoms with van der Waals surface area (Å²) >= 11 is 0. The number of hydrogen-bond donors (Lipinski definition) is 0. The largest absolute Gasteiger partial charge is 0.459 e. The Hall–Kier alpha value is -2.62. The van der Waals surface area contributed by atoms with Crippen molar-refractivity contribution in [1.29, 1.82) is 0 Å². The van der Waals surface area contributed by atoms with Crippen molar-refractivity contribution in [2.24, 2.45) is 4.99 Å². The van der Waals surface area contributed by atoms with Crippen molar-refractivity contribution in [1.82, 2.24) is 0 Å². The quantitative estimate of drug-likeness (QED) is 0.612. The Morgan fingerprint density at radius 1 is 1.00 bits per heavy atom. The van der Waals surface area contributed by atoms with Gasteiger partial charge in [-0.15, -0.1) is 0 Å². The van der Waals surface area contributed by atoms with E-state index in [9.17, 15) is 4.79 Å². The van der Waals surface area contributed by atoms with Crippen LogP contribution in [-0.4, -0.2) is 18.3 Å². The van der Waals surface area contributed by atoms with Gasteiger partial charge in [-0.1, -0.05) is 18.2 Å². The minimum Gasteiger partial charge on any atom is -0.459 e. The lowest BCUT2D eigenvalue weighted by atomic mass is 10.3. The number of benzene rings is 2. The minimum absolute atomic E-state index is 0.148. The molecular formula is C17H17NO3. The lowest BCUT2D eigenvalue weighted by molar-refractivity contribution is -0.138. The molecule has 0 saturated carbocycles. The van der Waals surface area contributed by atoms with Gasteiger partial charge in [0.2, 0.25) is 0 Å². The number of nitrogens with zero attached hydrogens (tertiary/aromatic N) is 1. The summed E-state index contributed by atoms with van der Waals surface area (Å²) in [7, 11) is 0. The van der Waals surface area contributed by atoms with E-state index in [4.69, 9.17) is 9.47 Å². The highest BCUT2D eigenvalue weighted by atomic mass is 16.5. The molecule has 0 bridgehead atoms. The van der Waals surface area contributed by atoms with Gasteiger partial charge >= 0.3 is 5.97 Å². The van der Waals surface area contributed by atoms with E-state index in [1.165, 1.54) is 6.21 Å². The van der Waals surface area contributed by atoms with Crippen LogP contribution in [0.5, 0.6) is 11.5 Å². The van der Waals surface area contributed by atoms with E-state index >= 15 is 0 Å². The number of aliphatic imine (C=N–C) groups is 1. The number of rotatable bonds is 5. The lowest BCUT2D eigenvalue weighted by Crippen LogP contribution is -2.11. The third-order valence-corrected chi connectivity index (χ3v) is 2.49. The molecule has 4 heteroatoms. The van der Waals surface area contributed by atoms with Crippen molar-refractivity contribution in [3.63, 3.8) is 0 Å². The van der Waals surface area contributed by atoms with Crippen LogP contribution in [0.3, 0.4) is 0 Å². The topological polar surface area (TPSA) is 47.9 Å². The third kappa shape index (κ3) is 5.10. The molecule has 0 unspecified atom stereocenters. The Morgan fingerprint density at radius 3 is 2.24 bits per heavy atom. The highest BCUT2D eigenvalue weighted by Crippen LogP contribution is 2.23. The average molecular weight is 283 g/mol. The molecule has 4 nitrogen and oxygen atoms in total. The van der Waals surface area contributed by atoms with Crippen molar-refractivity contribution in [3.8, 4) is 11.5 Å². The Labute approximate surface area is 124 Å². The zero-order valence-electron chi connectivity index (χ0n) is 12.0. The predicted octanol–water partition coefficient (Wildman–Crippen LogP) is 4.13. The number of carbonyl (C=O) groups is 1. The summed E-state index contributed by atoms with van der Waals surface area (Å²) in [6.07, 6.45) is 1.03. The van der Waals surface area contributed by atoms with Crippen molar-refractivity contribution >= 4 is 17.9 Å². The van der Waals surface area contributed by atoms with Crippen LogP contribution < -0.4 is 4.74 Å². The second-order valence-corrected chi connectivity index (χ2v) is 4.65. The summed E-state index contributed by atoms with van der Waals surface area (Å²) in [5.41, 5.74) is 0.663. The van der Waals surface area contributed by atoms with E-state index in [2.05, 4.69) is 4.99 Å². The van der Waals surface area contributed by atoms with Crippen molar-refractivity contribution in [2.45, 2.75) is 20.0 Å². The summed E-state index contributed by atoms with van der Waals surface area (Å²) in [5.74, 6) is 1.04. The fourth-order valence-corrected chi connectivity index (χ4v) is 1.61. The maximum absolute atomic E-state index is 11.3. The Bertz CT molecular complexity index is 604. The maximum Gasteiger partial charge on any atom is 0.349 e. The standard InChI is InChI=1S/C17H17NO3/c1-13(2)20-17(19)12-18-14-8-10-16(11-9-14)21-15-6-4-3-5-7-15/h3-13H,1-2H3. The third-order valence-electron chi connectivity index (χ3n) is 2.49. The summed E-state index contributed by atoms with van der Waals surface area (Å²) in [4.78, 5) is 15.4. The first-order valence-corrected chi connectivity index (χ1v) is 6.71. The van der Waals surface area contributed by atoms with Gasteiger partial charge in [-0.3, -0.25) is 0 Å². The molecule has 0 aliphatic heterocycles. The van der Waals surface area contributed by atoms with Crippen LogP contribution in [0.25, 0.3) is 0 Å². The predicted molar refractivity (Wildman–Crippen MR) is 82.3 cm³/mol. The molecule has 0 aliphatic carbocycles.